The van der Waals surface area contributed by atoms with Crippen LogP contribution in [0.1, 0.15) is 6.23 Å². The van der Waals surface area contributed by atoms with Gasteiger partial charge in [-0.25, -0.2) is 4.98 Å². The third kappa shape index (κ3) is 2.06. The van der Waals surface area contributed by atoms with E-state index in [4.69, 9.17) is 15.6 Å². The van der Waals surface area contributed by atoms with Crippen molar-refractivity contribution >= 4 is 17.1 Å². The highest BCUT2D eigenvalue weighted by atomic mass is 19.3. The van der Waals surface area contributed by atoms with E-state index in [1.54, 1.807) is 0 Å². The quantitative estimate of drug-likeness (QED) is 0.520. The summed E-state index contributed by atoms with van der Waals surface area (Å²) in [4.78, 5) is 25.4. The maximum absolute atomic E-state index is 12.7. The van der Waals surface area contributed by atoms with E-state index in [0.717, 1.165) is 0 Å². The molecule has 5 N–H and O–H groups in total. The number of hydrogen-bond acceptors (Lipinski definition) is 8. The van der Waals surface area contributed by atoms with Crippen LogP contribution in [-0.2, 0) is 9.68 Å². The van der Waals surface area contributed by atoms with Crippen LogP contribution in [0, 0.1) is 0 Å². The van der Waals surface area contributed by atoms with Gasteiger partial charge >= 0.3 is 0 Å². The number of H-pyrrole nitrogens is 1. The molecule has 0 unspecified atom stereocenters. The van der Waals surface area contributed by atoms with Gasteiger partial charge in [0.1, 0.15) is 12.2 Å². The molecule has 0 bridgehead atoms. The largest absolute Gasteiger partial charge is 0.394 e. The average Bonchev–Trinajstić information content (AvgIpc) is 2.99. The topological polar surface area (TPSA) is 149 Å². The minimum atomic E-state index is -1.40. The molecule has 0 aliphatic carbocycles. The second-order valence-electron chi connectivity index (χ2n) is 4.57. The Morgan fingerprint density at radius 2 is 2.38 bits per heavy atom. The van der Waals surface area contributed by atoms with E-state index in [2.05, 4.69) is 19.9 Å². The molecule has 3 heterocycles. The Kier molecular flexibility index (Phi) is 3.33. The summed E-state index contributed by atoms with van der Waals surface area (Å²) in [5.74, 6) is -0.149. The lowest BCUT2D eigenvalue weighted by Gasteiger charge is -2.17. The Balaban J connectivity index is 2.10. The van der Waals surface area contributed by atoms with Gasteiger partial charge < -0.3 is 20.7 Å². The van der Waals surface area contributed by atoms with Gasteiger partial charge in [-0.3, -0.25) is 14.3 Å². The first-order valence-corrected chi connectivity index (χ1v) is 6.01. The van der Waals surface area contributed by atoms with Gasteiger partial charge in [-0.05, 0) is 4.53 Å². The van der Waals surface area contributed by atoms with Crippen LogP contribution in [-0.4, -0.2) is 54.7 Å². The van der Waals surface area contributed by atoms with E-state index in [-0.39, 0.29) is 17.1 Å². The summed E-state index contributed by atoms with van der Waals surface area (Å²) < 4.78 is 19.2. The summed E-state index contributed by atoms with van der Waals surface area (Å²) in [6.45, 7) is -0.527. The smallest absolute Gasteiger partial charge is 0.280 e. The van der Waals surface area contributed by atoms with Gasteiger partial charge in [0.05, 0.1) is 12.9 Å². The van der Waals surface area contributed by atoms with Crippen molar-refractivity contribution in [1.82, 2.24) is 19.5 Å². The van der Waals surface area contributed by atoms with Crippen LogP contribution < -0.4 is 11.3 Å². The van der Waals surface area contributed by atoms with Gasteiger partial charge in [-0.15, -0.1) is 0 Å². The van der Waals surface area contributed by atoms with E-state index in [1.807, 2.05) is 0 Å². The molecule has 0 spiro atoms. The number of imidazole rings is 1. The number of nitrogens with zero attached hydrogens (tertiary/aromatic N) is 3. The number of aliphatic hydroxyl groups is 2. The second-order valence-corrected chi connectivity index (χ2v) is 4.57. The number of aliphatic hydroxyl groups excluding tert-OH is 2. The zero-order chi connectivity index (χ0) is 15.1. The predicted octanol–water partition coefficient (Wildman–Crippen LogP) is -1.78. The van der Waals surface area contributed by atoms with E-state index < -0.39 is 36.7 Å². The van der Waals surface area contributed by atoms with Crippen molar-refractivity contribution in [3.8, 4) is 0 Å². The van der Waals surface area contributed by atoms with Gasteiger partial charge in [0.25, 0.3) is 5.56 Å². The van der Waals surface area contributed by atoms with Crippen molar-refractivity contribution < 1.29 is 24.4 Å². The number of halogens is 1. The fourth-order valence-corrected chi connectivity index (χ4v) is 2.32. The molecule has 3 rings (SSSR count). The molecule has 0 saturated carbocycles. The molecule has 1 fully saturated rings. The minimum Gasteiger partial charge on any atom is -0.394 e. The SMILES string of the molecule is Nc1nc2c(ncn2[C@@H]2O[C@H](CO)[C@@H](O)[C@H]2OF)c(=O)[nH]1. The fourth-order valence-electron chi connectivity index (χ4n) is 2.32. The number of nitrogens with one attached hydrogen (secondary N) is 1. The Morgan fingerprint density at radius 3 is 3.05 bits per heavy atom. The van der Waals surface area contributed by atoms with Crippen LogP contribution in [0.5, 0.6) is 0 Å². The fraction of sp³-hybridized carbons (Fsp3) is 0.500. The minimum absolute atomic E-state index is 0.0210. The monoisotopic (exact) mass is 301 g/mol. The van der Waals surface area contributed by atoms with Crippen LogP contribution in [0.2, 0.25) is 0 Å². The van der Waals surface area contributed by atoms with Gasteiger partial charge in [0.2, 0.25) is 5.95 Å². The van der Waals surface area contributed by atoms with Gasteiger partial charge in [0.15, 0.2) is 23.5 Å². The molecule has 4 atom stereocenters. The highest BCUT2D eigenvalue weighted by Crippen LogP contribution is 2.33. The highest BCUT2D eigenvalue weighted by Gasteiger charge is 2.47. The summed E-state index contributed by atoms with van der Waals surface area (Å²) in [5, 5.41) is 18.9. The number of nitrogens with two attached hydrogens (primary N) is 1. The van der Waals surface area contributed by atoms with Crippen LogP contribution in [0.25, 0.3) is 11.2 Å². The predicted molar refractivity (Wildman–Crippen MR) is 65.5 cm³/mol. The first kappa shape index (κ1) is 13.9. The first-order chi connectivity index (χ1) is 10.1. The molecule has 114 valence electrons. The second kappa shape index (κ2) is 5.04. The van der Waals surface area contributed by atoms with Crippen molar-refractivity contribution in [3.05, 3.63) is 16.7 Å². The van der Waals surface area contributed by atoms with Crippen molar-refractivity contribution in [2.75, 3.05) is 12.3 Å². The van der Waals surface area contributed by atoms with Gasteiger partial charge in [-0.2, -0.15) is 9.93 Å². The molecule has 2 aromatic heterocycles. The standard InChI is InChI=1S/C10H12FN5O5/c11-21-6-5(18)3(1-17)20-9(6)16-2-13-4-7(16)14-10(12)15-8(4)19/h2-3,5-6,9,17-18H,1H2,(H3,12,14,15,19)/t3-,5-,6-,9-/m1/s1. The lowest BCUT2D eigenvalue weighted by Crippen LogP contribution is -2.34. The van der Waals surface area contributed by atoms with E-state index in [1.165, 1.54) is 10.9 Å². The Morgan fingerprint density at radius 1 is 1.62 bits per heavy atom. The number of hydrogen-bond donors (Lipinski definition) is 4. The lowest BCUT2D eigenvalue weighted by atomic mass is 10.1. The zero-order valence-corrected chi connectivity index (χ0v) is 10.5. The van der Waals surface area contributed by atoms with Crippen LogP contribution >= 0.6 is 0 Å². The Hall–Kier alpha value is -2.08. The van der Waals surface area contributed by atoms with Crippen LogP contribution in [0.15, 0.2) is 11.1 Å². The summed E-state index contributed by atoms with van der Waals surface area (Å²) in [6, 6.07) is 0. The molecule has 21 heavy (non-hydrogen) atoms. The lowest BCUT2D eigenvalue weighted by molar-refractivity contribution is -0.220. The molecule has 1 aliphatic rings. The number of nitrogen functional groups attached to an aromatic ring is 1. The summed E-state index contributed by atoms with van der Waals surface area (Å²) in [7, 11) is 0. The maximum Gasteiger partial charge on any atom is 0.280 e. The van der Waals surface area contributed by atoms with E-state index in [9.17, 15) is 14.4 Å². The molecule has 11 heteroatoms. The average molecular weight is 301 g/mol. The number of aromatic nitrogens is 4. The molecule has 0 radical (unpaired) electrons. The van der Waals surface area contributed by atoms with E-state index >= 15 is 0 Å². The molecular formula is C10H12FN5O5. The molecule has 10 nitrogen and oxygen atoms in total. The number of anilines is 1. The Labute approximate surface area is 115 Å². The molecule has 0 aromatic carbocycles. The van der Waals surface area contributed by atoms with E-state index in [0.29, 0.717) is 0 Å². The molecule has 0 amide bonds. The van der Waals surface area contributed by atoms with Gasteiger partial charge in [0, 0.05) is 0 Å². The summed E-state index contributed by atoms with van der Waals surface area (Å²) in [5.41, 5.74) is 4.92. The zero-order valence-electron chi connectivity index (χ0n) is 10.5. The number of rotatable bonds is 3. The Bertz CT molecular complexity index is 717. The molecule has 2 aromatic rings. The first-order valence-electron chi connectivity index (χ1n) is 6.01. The molecular weight excluding hydrogens is 289 g/mol. The van der Waals surface area contributed by atoms with Gasteiger partial charge in [-0.1, -0.05) is 0 Å². The normalized spacial score (nSPS) is 29.3. The highest BCUT2D eigenvalue weighted by molar-refractivity contribution is 5.70. The molecule has 1 aliphatic heterocycles. The summed E-state index contributed by atoms with van der Waals surface area (Å²) >= 11 is 0. The van der Waals surface area contributed by atoms with Crippen molar-refractivity contribution in [3.63, 3.8) is 0 Å². The third-order valence-corrected chi connectivity index (χ3v) is 3.32. The van der Waals surface area contributed by atoms with Crippen LogP contribution in [0.3, 0.4) is 0 Å². The number of aromatic amines is 1. The van der Waals surface area contributed by atoms with Crippen LogP contribution in [0.4, 0.5) is 10.5 Å². The number of fused-ring (bicyclic) bond motifs is 1. The van der Waals surface area contributed by atoms with Crippen molar-refractivity contribution in [2.24, 2.45) is 0 Å². The molecule has 1 saturated heterocycles. The summed E-state index contributed by atoms with van der Waals surface area (Å²) in [6.07, 6.45) is -3.78. The van der Waals surface area contributed by atoms with Crippen molar-refractivity contribution in [1.29, 1.82) is 0 Å². The number of ether oxygens (including phenoxy) is 1. The third-order valence-electron chi connectivity index (χ3n) is 3.32. The van der Waals surface area contributed by atoms with Crippen molar-refractivity contribution in [2.45, 2.75) is 24.5 Å². The maximum atomic E-state index is 12.7.